The van der Waals surface area contributed by atoms with Crippen LogP contribution in [0.1, 0.15) is 30.3 Å². The van der Waals surface area contributed by atoms with E-state index in [2.05, 4.69) is 10.3 Å². The maximum Gasteiger partial charge on any atom is 0.324 e. The molecule has 3 aromatic heterocycles. The number of carbonyl (C=O) groups excluding carboxylic acids is 3. The summed E-state index contributed by atoms with van der Waals surface area (Å²) in [6.07, 6.45) is 2.96. The summed E-state index contributed by atoms with van der Waals surface area (Å²) in [5.74, 6) is -0.497. The first-order valence-corrected chi connectivity index (χ1v) is 10.4. The molecule has 10 heteroatoms. The first kappa shape index (κ1) is 19.3. The topological polar surface area (TPSA) is 109 Å². The van der Waals surface area contributed by atoms with E-state index in [4.69, 9.17) is 0 Å². The molecule has 1 atom stereocenters. The van der Waals surface area contributed by atoms with Gasteiger partial charge in [-0.1, -0.05) is 13.0 Å². The van der Waals surface area contributed by atoms with Crippen LogP contribution in [0.3, 0.4) is 0 Å². The molecule has 0 aliphatic carbocycles. The summed E-state index contributed by atoms with van der Waals surface area (Å²) in [5.41, 5.74) is 1.19. The van der Waals surface area contributed by atoms with Gasteiger partial charge in [0, 0.05) is 25.8 Å². The number of hydrogen-bond donors (Lipinski definition) is 1. The molecule has 5 heterocycles. The highest BCUT2D eigenvalue weighted by Gasteiger charge is 2.40. The molecule has 0 saturated carbocycles. The summed E-state index contributed by atoms with van der Waals surface area (Å²) >= 11 is 0. The lowest BCUT2D eigenvalue weighted by molar-refractivity contribution is -0.126. The molecule has 10 nitrogen and oxygen atoms in total. The van der Waals surface area contributed by atoms with Gasteiger partial charge in [-0.2, -0.15) is 0 Å². The van der Waals surface area contributed by atoms with Gasteiger partial charge in [0.25, 0.3) is 11.5 Å². The summed E-state index contributed by atoms with van der Waals surface area (Å²) in [6, 6.07) is 6.20. The maximum atomic E-state index is 13.4. The van der Waals surface area contributed by atoms with Crippen molar-refractivity contribution in [2.45, 2.75) is 32.4 Å². The second-order valence-electron chi connectivity index (χ2n) is 7.88. The zero-order valence-electron chi connectivity index (χ0n) is 17.1. The van der Waals surface area contributed by atoms with E-state index in [1.54, 1.807) is 33.9 Å². The van der Waals surface area contributed by atoms with Gasteiger partial charge in [-0.15, -0.1) is 0 Å². The van der Waals surface area contributed by atoms with Gasteiger partial charge >= 0.3 is 6.03 Å². The Morgan fingerprint density at radius 2 is 2.10 bits per heavy atom. The molecule has 0 radical (unpaired) electrons. The van der Waals surface area contributed by atoms with Gasteiger partial charge in [-0.3, -0.25) is 23.7 Å². The van der Waals surface area contributed by atoms with Crippen LogP contribution in [0.2, 0.25) is 0 Å². The third-order valence-corrected chi connectivity index (χ3v) is 5.94. The second-order valence-corrected chi connectivity index (χ2v) is 7.88. The molecule has 0 aromatic carbocycles. The minimum absolute atomic E-state index is 0.00279. The number of amides is 4. The minimum atomic E-state index is -0.409. The normalized spacial score (nSPS) is 19.1. The van der Waals surface area contributed by atoms with Crippen LogP contribution in [-0.4, -0.2) is 67.3 Å². The number of pyridine rings is 1. The van der Waals surface area contributed by atoms with Gasteiger partial charge in [0.15, 0.2) is 0 Å². The lowest BCUT2D eigenvalue weighted by atomic mass is 10.2. The lowest BCUT2D eigenvalue weighted by Crippen LogP contribution is -2.43. The van der Waals surface area contributed by atoms with Crippen molar-refractivity contribution >= 4 is 34.5 Å². The number of fused-ring (bicyclic) bond motifs is 2. The van der Waals surface area contributed by atoms with Crippen molar-refractivity contribution in [3.63, 3.8) is 0 Å². The molecule has 2 aliphatic heterocycles. The number of hydrogen-bond acceptors (Lipinski definition) is 5. The average Bonchev–Trinajstić information content (AvgIpc) is 3.46. The molecule has 2 aliphatic rings. The Morgan fingerprint density at radius 1 is 1.26 bits per heavy atom. The molecular weight excluding hydrogens is 400 g/mol. The van der Waals surface area contributed by atoms with E-state index in [-0.39, 0.29) is 36.5 Å². The number of imide groups is 1. The van der Waals surface area contributed by atoms with Crippen LogP contribution in [0.15, 0.2) is 35.3 Å². The third kappa shape index (κ3) is 2.97. The van der Waals surface area contributed by atoms with Crippen LogP contribution in [-0.2, 0) is 11.3 Å². The Kier molecular flexibility index (Phi) is 4.49. The summed E-state index contributed by atoms with van der Waals surface area (Å²) in [4.78, 5) is 57.9. The van der Waals surface area contributed by atoms with Crippen molar-refractivity contribution < 1.29 is 14.4 Å². The summed E-state index contributed by atoms with van der Waals surface area (Å²) < 4.78 is 3.27. The monoisotopic (exact) mass is 422 g/mol. The minimum Gasteiger partial charge on any atom is -0.335 e. The summed E-state index contributed by atoms with van der Waals surface area (Å²) in [5, 5.41) is 2.92. The fourth-order valence-electron chi connectivity index (χ4n) is 4.48. The number of aryl methyl sites for hydroxylation is 1. The van der Waals surface area contributed by atoms with E-state index in [1.807, 2.05) is 13.0 Å². The fraction of sp³-hybridized carbons (Fsp3) is 0.381. The van der Waals surface area contributed by atoms with Crippen LogP contribution in [0, 0.1) is 0 Å². The Hall–Kier alpha value is -3.69. The van der Waals surface area contributed by atoms with E-state index in [9.17, 15) is 19.2 Å². The summed E-state index contributed by atoms with van der Waals surface area (Å²) in [6.45, 7) is 3.25. The Balaban J connectivity index is 1.53. The van der Waals surface area contributed by atoms with Gasteiger partial charge < -0.3 is 14.8 Å². The molecule has 160 valence electrons. The molecule has 2 fully saturated rings. The van der Waals surface area contributed by atoms with Gasteiger partial charge in [0.05, 0.1) is 18.0 Å². The van der Waals surface area contributed by atoms with Gasteiger partial charge in [0.1, 0.15) is 17.0 Å². The number of rotatable bonds is 4. The highest BCUT2D eigenvalue weighted by molar-refractivity contribution is 6.02. The smallest absolute Gasteiger partial charge is 0.324 e. The largest absolute Gasteiger partial charge is 0.335 e. The van der Waals surface area contributed by atoms with E-state index < -0.39 is 6.03 Å². The molecular formula is C21H22N6O4. The molecule has 1 N–H and O–H groups in total. The van der Waals surface area contributed by atoms with E-state index in [0.29, 0.717) is 41.9 Å². The second kappa shape index (κ2) is 7.22. The number of urea groups is 1. The van der Waals surface area contributed by atoms with Gasteiger partial charge in [0.2, 0.25) is 5.91 Å². The van der Waals surface area contributed by atoms with Crippen molar-refractivity contribution in [3.05, 3.63) is 46.5 Å². The van der Waals surface area contributed by atoms with E-state index in [1.165, 1.54) is 9.30 Å². The Labute approximate surface area is 177 Å². The van der Waals surface area contributed by atoms with E-state index >= 15 is 0 Å². The molecule has 0 spiro atoms. The fourth-order valence-corrected chi connectivity index (χ4v) is 4.48. The Morgan fingerprint density at radius 3 is 2.84 bits per heavy atom. The van der Waals surface area contributed by atoms with Crippen LogP contribution in [0.4, 0.5) is 4.79 Å². The first-order valence-electron chi connectivity index (χ1n) is 10.4. The van der Waals surface area contributed by atoms with Crippen molar-refractivity contribution in [1.82, 2.24) is 29.1 Å². The Bertz CT molecular complexity index is 1280. The molecule has 1 unspecified atom stereocenters. The number of likely N-dealkylation sites (tertiary alicyclic amines) is 1. The van der Waals surface area contributed by atoms with Gasteiger partial charge in [-0.25, -0.2) is 9.78 Å². The zero-order valence-corrected chi connectivity index (χ0v) is 17.1. The van der Waals surface area contributed by atoms with Crippen LogP contribution in [0.5, 0.6) is 0 Å². The number of nitrogens with zero attached hydrogens (tertiary/aromatic N) is 5. The predicted octanol–water partition coefficient (Wildman–Crippen LogP) is 0.826. The van der Waals surface area contributed by atoms with Crippen LogP contribution >= 0.6 is 0 Å². The highest BCUT2D eigenvalue weighted by Crippen LogP contribution is 2.23. The van der Waals surface area contributed by atoms with Crippen molar-refractivity contribution in [2.75, 3.05) is 19.6 Å². The van der Waals surface area contributed by atoms with Crippen molar-refractivity contribution in [1.29, 1.82) is 0 Å². The van der Waals surface area contributed by atoms with E-state index in [0.717, 1.165) is 6.42 Å². The zero-order chi connectivity index (χ0) is 21.7. The average molecular weight is 422 g/mol. The molecule has 4 amide bonds. The molecule has 31 heavy (non-hydrogen) atoms. The maximum absolute atomic E-state index is 13.4. The standard InChI is InChI=1S/C21H22N6O4/c1-2-7-25-15(10-14-18(25)23-16-5-3-4-8-26(16)19(14)29)20(30)24-9-6-13(12-24)27-17(28)11-22-21(27)31/h3-5,8,10,13H,2,6-7,9,11-12H2,1H3,(H,22,31). The first-order chi connectivity index (χ1) is 15.0. The highest BCUT2D eigenvalue weighted by atomic mass is 16.2. The number of carbonyl (C=O) groups is 3. The van der Waals surface area contributed by atoms with Crippen LogP contribution in [0.25, 0.3) is 16.7 Å². The molecule has 3 aromatic rings. The third-order valence-electron chi connectivity index (χ3n) is 5.94. The quantitative estimate of drug-likeness (QED) is 0.627. The van der Waals surface area contributed by atoms with Gasteiger partial charge in [-0.05, 0) is 31.0 Å². The number of aromatic nitrogens is 3. The lowest BCUT2D eigenvalue weighted by Gasteiger charge is -2.22. The molecule has 2 saturated heterocycles. The number of nitrogens with one attached hydrogen (secondary N) is 1. The van der Waals surface area contributed by atoms with Crippen molar-refractivity contribution in [3.8, 4) is 0 Å². The van der Waals surface area contributed by atoms with Crippen LogP contribution < -0.4 is 10.9 Å². The van der Waals surface area contributed by atoms with Crippen molar-refractivity contribution in [2.24, 2.45) is 0 Å². The SMILES string of the molecule is CCCn1c(C(=O)N2CCC(N3C(=O)CNC3=O)C2)cc2c(=O)n3ccccc3nc21. The molecule has 0 bridgehead atoms. The molecule has 5 rings (SSSR count). The summed E-state index contributed by atoms with van der Waals surface area (Å²) in [7, 11) is 0. The predicted molar refractivity (Wildman–Crippen MR) is 112 cm³/mol.